The second-order valence-electron chi connectivity index (χ2n) is 6.69. The van der Waals surface area contributed by atoms with Crippen molar-refractivity contribution >= 4 is 35.8 Å². The molecule has 1 amide bonds. The van der Waals surface area contributed by atoms with Gasteiger partial charge in [0, 0.05) is 39.8 Å². The number of hydrogen-bond acceptors (Lipinski definition) is 2. The number of rotatable bonds is 6. The summed E-state index contributed by atoms with van der Waals surface area (Å²) < 4.78 is 37.8. The number of halogens is 4. The average molecular weight is 534 g/mol. The molecule has 0 unspecified atom stereocenters. The second kappa shape index (κ2) is 11.8. The predicted molar refractivity (Wildman–Crippen MR) is 123 cm³/mol. The Morgan fingerprint density at radius 1 is 0.967 bits per heavy atom. The van der Waals surface area contributed by atoms with Crippen LogP contribution < -0.4 is 10.6 Å². The van der Waals surface area contributed by atoms with Crippen molar-refractivity contribution in [3.63, 3.8) is 0 Å². The summed E-state index contributed by atoms with van der Waals surface area (Å²) in [6.45, 7) is 1.05. The Kier molecular flexibility index (Phi) is 10.1. The van der Waals surface area contributed by atoms with E-state index in [9.17, 15) is 18.0 Å². The van der Waals surface area contributed by atoms with Crippen molar-refractivity contribution in [2.24, 2.45) is 4.99 Å². The van der Waals surface area contributed by atoms with Gasteiger partial charge in [0.05, 0.1) is 5.56 Å². The van der Waals surface area contributed by atoms with Crippen LogP contribution in [0.2, 0.25) is 0 Å². The third kappa shape index (κ3) is 7.85. The van der Waals surface area contributed by atoms with E-state index in [1.807, 2.05) is 12.1 Å². The van der Waals surface area contributed by atoms with Crippen LogP contribution in [0.1, 0.15) is 27.0 Å². The van der Waals surface area contributed by atoms with Gasteiger partial charge in [-0.25, -0.2) is 0 Å². The van der Waals surface area contributed by atoms with Gasteiger partial charge in [0.25, 0.3) is 5.91 Å². The lowest BCUT2D eigenvalue weighted by Gasteiger charge is -2.13. The molecule has 0 aliphatic rings. The molecule has 0 radical (unpaired) electrons. The van der Waals surface area contributed by atoms with Crippen LogP contribution in [0.15, 0.2) is 53.5 Å². The second-order valence-corrected chi connectivity index (χ2v) is 6.69. The molecule has 0 aromatic heterocycles. The highest BCUT2D eigenvalue weighted by Gasteiger charge is 2.29. The predicted octanol–water partition coefficient (Wildman–Crippen LogP) is 3.93. The van der Waals surface area contributed by atoms with Gasteiger partial charge < -0.3 is 15.5 Å². The normalized spacial score (nSPS) is 11.5. The van der Waals surface area contributed by atoms with Crippen molar-refractivity contribution in [3.8, 4) is 0 Å². The first-order chi connectivity index (χ1) is 13.7. The summed E-state index contributed by atoms with van der Waals surface area (Å²) >= 11 is 0. The Morgan fingerprint density at radius 3 is 2.03 bits per heavy atom. The number of nitrogens with zero attached hydrogens (tertiary/aromatic N) is 2. The fraction of sp³-hybridized carbons (Fsp3) is 0.333. The van der Waals surface area contributed by atoms with Gasteiger partial charge in [-0.2, -0.15) is 13.2 Å². The molecular formula is C21H26F3IN4O. The van der Waals surface area contributed by atoms with Crippen LogP contribution in [0, 0.1) is 0 Å². The van der Waals surface area contributed by atoms with Gasteiger partial charge in [0.2, 0.25) is 0 Å². The average Bonchev–Trinajstić information content (AvgIpc) is 2.70. The first kappa shape index (κ1) is 25.7. The Morgan fingerprint density at radius 2 is 1.53 bits per heavy atom. The van der Waals surface area contributed by atoms with Gasteiger partial charge in [-0.05, 0) is 41.8 Å². The minimum atomic E-state index is -4.32. The van der Waals surface area contributed by atoms with Gasteiger partial charge in [-0.3, -0.25) is 9.79 Å². The topological polar surface area (TPSA) is 56.7 Å². The van der Waals surface area contributed by atoms with Crippen molar-refractivity contribution in [1.82, 2.24) is 15.5 Å². The largest absolute Gasteiger partial charge is 0.416 e. The minimum absolute atomic E-state index is 0. The number of nitrogens with one attached hydrogen (secondary N) is 2. The SMILES string of the molecule is CN=C(NCCc1ccc(C(F)(F)F)cc1)NCc1ccc(C(=O)N(C)C)cc1.I. The molecule has 164 valence electrons. The van der Waals surface area contributed by atoms with Crippen LogP contribution >= 0.6 is 24.0 Å². The maximum Gasteiger partial charge on any atom is 0.416 e. The van der Waals surface area contributed by atoms with Crippen molar-refractivity contribution in [1.29, 1.82) is 0 Å². The van der Waals surface area contributed by atoms with E-state index >= 15 is 0 Å². The van der Waals surface area contributed by atoms with E-state index < -0.39 is 11.7 Å². The molecule has 0 bridgehead atoms. The maximum atomic E-state index is 12.6. The quantitative estimate of drug-likeness (QED) is 0.336. The highest BCUT2D eigenvalue weighted by atomic mass is 127. The number of hydrogen-bond donors (Lipinski definition) is 2. The summed E-state index contributed by atoms with van der Waals surface area (Å²) in [6, 6.07) is 12.5. The number of aliphatic imine (C=N–C) groups is 1. The Balaban J connectivity index is 0.00000450. The van der Waals surface area contributed by atoms with E-state index in [1.165, 1.54) is 17.0 Å². The lowest BCUT2D eigenvalue weighted by Crippen LogP contribution is -2.37. The summed E-state index contributed by atoms with van der Waals surface area (Å²) in [7, 11) is 5.06. The molecular weight excluding hydrogens is 508 g/mol. The zero-order valence-electron chi connectivity index (χ0n) is 17.1. The molecule has 0 spiro atoms. The molecule has 0 atom stereocenters. The van der Waals surface area contributed by atoms with Crippen molar-refractivity contribution in [2.75, 3.05) is 27.7 Å². The van der Waals surface area contributed by atoms with E-state index in [4.69, 9.17) is 0 Å². The molecule has 2 aromatic carbocycles. The number of guanidine groups is 1. The Hall–Kier alpha value is -2.30. The molecule has 2 N–H and O–H groups in total. The fourth-order valence-electron chi connectivity index (χ4n) is 2.62. The van der Waals surface area contributed by atoms with Gasteiger partial charge in [0.1, 0.15) is 0 Å². The molecule has 0 saturated heterocycles. The third-order valence-electron chi connectivity index (χ3n) is 4.28. The molecule has 0 saturated carbocycles. The van der Waals surface area contributed by atoms with E-state index in [0.717, 1.165) is 23.3 Å². The van der Waals surface area contributed by atoms with E-state index in [-0.39, 0.29) is 29.9 Å². The third-order valence-corrected chi connectivity index (χ3v) is 4.28. The van der Waals surface area contributed by atoms with Crippen LogP contribution in [0.5, 0.6) is 0 Å². The zero-order chi connectivity index (χ0) is 21.4. The Bertz CT molecular complexity index is 835. The van der Waals surface area contributed by atoms with Crippen molar-refractivity contribution in [3.05, 3.63) is 70.8 Å². The van der Waals surface area contributed by atoms with E-state index in [0.29, 0.717) is 31.0 Å². The highest BCUT2D eigenvalue weighted by molar-refractivity contribution is 14.0. The summed E-state index contributed by atoms with van der Waals surface area (Å²) in [5, 5.41) is 6.30. The lowest BCUT2D eigenvalue weighted by atomic mass is 10.1. The first-order valence-corrected chi connectivity index (χ1v) is 9.12. The maximum absolute atomic E-state index is 12.6. The number of benzene rings is 2. The summed E-state index contributed by atoms with van der Waals surface area (Å²) in [5.41, 5.74) is 1.77. The van der Waals surface area contributed by atoms with Crippen LogP contribution in [0.4, 0.5) is 13.2 Å². The van der Waals surface area contributed by atoms with Gasteiger partial charge in [-0.1, -0.05) is 24.3 Å². The highest BCUT2D eigenvalue weighted by Crippen LogP contribution is 2.29. The number of carbonyl (C=O) groups excluding carboxylic acids is 1. The summed E-state index contributed by atoms with van der Waals surface area (Å²) in [5.74, 6) is 0.538. The van der Waals surface area contributed by atoms with Gasteiger partial charge >= 0.3 is 6.18 Å². The molecule has 0 fully saturated rings. The number of alkyl halides is 3. The van der Waals surface area contributed by atoms with E-state index in [1.54, 1.807) is 33.3 Å². The van der Waals surface area contributed by atoms with Crippen LogP contribution in [0.3, 0.4) is 0 Å². The number of amides is 1. The molecule has 0 aliphatic carbocycles. The summed E-state index contributed by atoms with van der Waals surface area (Å²) in [6.07, 6.45) is -3.75. The fourth-order valence-corrected chi connectivity index (χ4v) is 2.62. The Labute approximate surface area is 191 Å². The monoisotopic (exact) mass is 534 g/mol. The van der Waals surface area contributed by atoms with Crippen molar-refractivity contribution in [2.45, 2.75) is 19.1 Å². The lowest BCUT2D eigenvalue weighted by molar-refractivity contribution is -0.137. The zero-order valence-corrected chi connectivity index (χ0v) is 19.4. The van der Waals surface area contributed by atoms with Gasteiger partial charge in [-0.15, -0.1) is 24.0 Å². The molecule has 9 heteroatoms. The smallest absolute Gasteiger partial charge is 0.356 e. The minimum Gasteiger partial charge on any atom is -0.356 e. The standard InChI is InChI=1S/C21H25F3N4O.HI/c1-25-20(26-13-12-15-6-10-18(11-7-15)21(22,23)24)27-14-16-4-8-17(9-5-16)19(29)28(2)3;/h4-11H,12-14H2,1-3H3,(H2,25,26,27);1H. The molecule has 5 nitrogen and oxygen atoms in total. The van der Waals surface area contributed by atoms with Crippen LogP contribution in [0.25, 0.3) is 0 Å². The molecule has 2 rings (SSSR count). The van der Waals surface area contributed by atoms with E-state index in [2.05, 4.69) is 15.6 Å². The van der Waals surface area contributed by atoms with Crippen molar-refractivity contribution < 1.29 is 18.0 Å². The number of carbonyl (C=O) groups is 1. The van der Waals surface area contributed by atoms with Crippen LogP contribution in [-0.4, -0.2) is 44.5 Å². The molecule has 2 aromatic rings. The van der Waals surface area contributed by atoms with Gasteiger partial charge in [0.15, 0.2) is 5.96 Å². The molecule has 0 heterocycles. The first-order valence-electron chi connectivity index (χ1n) is 9.12. The summed E-state index contributed by atoms with van der Waals surface area (Å²) in [4.78, 5) is 17.6. The molecule has 30 heavy (non-hydrogen) atoms. The van der Waals surface area contributed by atoms with Crippen LogP contribution in [-0.2, 0) is 19.1 Å². The molecule has 0 aliphatic heterocycles.